The molecular weight excluding hydrogens is 269 g/mol. The first-order chi connectivity index (χ1) is 8.56. The van der Waals surface area contributed by atoms with Crippen LogP contribution in [0.2, 0.25) is 10.0 Å². The van der Waals surface area contributed by atoms with E-state index in [1.165, 1.54) is 0 Å². The molecule has 0 aliphatic rings. The van der Waals surface area contributed by atoms with Gasteiger partial charge in [0.05, 0.1) is 0 Å². The number of carbonyl (C=O) groups is 1. The van der Waals surface area contributed by atoms with E-state index >= 15 is 0 Å². The molecule has 0 fully saturated rings. The van der Waals surface area contributed by atoms with Crippen molar-refractivity contribution in [1.29, 1.82) is 0 Å². The first-order valence-electron chi connectivity index (χ1n) is 5.39. The Morgan fingerprint density at radius 1 is 1.11 bits per heavy atom. The number of ketones is 1. The molecule has 0 radical (unpaired) electrons. The molecular formula is C14H11Cl2NO. The summed E-state index contributed by atoms with van der Waals surface area (Å²) in [5.74, 6) is -0.0357. The van der Waals surface area contributed by atoms with Gasteiger partial charge in [-0.1, -0.05) is 35.3 Å². The molecule has 0 bridgehead atoms. The van der Waals surface area contributed by atoms with Crippen LogP contribution in [-0.4, -0.2) is 5.78 Å². The van der Waals surface area contributed by atoms with Crippen molar-refractivity contribution >= 4 is 34.7 Å². The van der Waals surface area contributed by atoms with Crippen molar-refractivity contribution in [2.24, 2.45) is 0 Å². The SMILES string of the molecule is Nc1cccc(C(=O)Cc2cc(Cl)ccc2Cl)c1. The van der Waals surface area contributed by atoms with Gasteiger partial charge in [0.1, 0.15) is 0 Å². The van der Waals surface area contributed by atoms with Crippen molar-refractivity contribution in [3.8, 4) is 0 Å². The number of Topliss-reactive ketones (excluding diaryl/α,β-unsaturated/α-hetero) is 1. The van der Waals surface area contributed by atoms with Crippen LogP contribution in [-0.2, 0) is 6.42 Å². The summed E-state index contributed by atoms with van der Waals surface area (Å²) >= 11 is 11.9. The zero-order valence-corrected chi connectivity index (χ0v) is 11.0. The van der Waals surface area contributed by atoms with E-state index in [0.717, 1.165) is 5.56 Å². The zero-order chi connectivity index (χ0) is 13.1. The van der Waals surface area contributed by atoms with Crippen molar-refractivity contribution in [2.75, 3.05) is 5.73 Å². The van der Waals surface area contributed by atoms with Gasteiger partial charge in [-0.25, -0.2) is 0 Å². The number of carbonyl (C=O) groups excluding carboxylic acids is 1. The van der Waals surface area contributed by atoms with Crippen molar-refractivity contribution in [3.05, 3.63) is 63.6 Å². The van der Waals surface area contributed by atoms with Crippen LogP contribution in [0.15, 0.2) is 42.5 Å². The normalized spacial score (nSPS) is 10.3. The summed E-state index contributed by atoms with van der Waals surface area (Å²) < 4.78 is 0. The molecule has 0 amide bonds. The largest absolute Gasteiger partial charge is 0.399 e. The molecule has 2 aromatic carbocycles. The second-order valence-electron chi connectivity index (χ2n) is 3.96. The van der Waals surface area contributed by atoms with Crippen molar-refractivity contribution in [1.82, 2.24) is 0 Å². The Morgan fingerprint density at radius 2 is 1.89 bits per heavy atom. The Kier molecular flexibility index (Phi) is 3.90. The first kappa shape index (κ1) is 12.9. The van der Waals surface area contributed by atoms with E-state index in [2.05, 4.69) is 0 Å². The molecule has 0 aliphatic heterocycles. The minimum absolute atomic E-state index is 0.0357. The van der Waals surface area contributed by atoms with E-state index in [-0.39, 0.29) is 12.2 Å². The van der Waals surface area contributed by atoms with Gasteiger partial charge in [0.15, 0.2) is 5.78 Å². The Labute approximate surface area is 115 Å². The van der Waals surface area contributed by atoms with E-state index in [9.17, 15) is 4.79 Å². The van der Waals surface area contributed by atoms with Crippen molar-refractivity contribution in [2.45, 2.75) is 6.42 Å². The van der Waals surface area contributed by atoms with Crippen LogP contribution < -0.4 is 5.73 Å². The fourth-order valence-electron chi connectivity index (χ4n) is 1.67. The van der Waals surface area contributed by atoms with Gasteiger partial charge in [-0.2, -0.15) is 0 Å². The van der Waals surface area contributed by atoms with Gasteiger partial charge in [0.25, 0.3) is 0 Å². The monoisotopic (exact) mass is 279 g/mol. The predicted octanol–water partition coefficient (Wildman–Crippen LogP) is 4.00. The third-order valence-corrected chi connectivity index (χ3v) is 3.17. The predicted molar refractivity (Wildman–Crippen MR) is 75.4 cm³/mol. The van der Waals surface area contributed by atoms with Gasteiger partial charge in [-0.15, -0.1) is 0 Å². The van der Waals surface area contributed by atoms with Crippen LogP contribution in [0.25, 0.3) is 0 Å². The number of hydrogen-bond acceptors (Lipinski definition) is 2. The Morgan fingerprint density at radius 3 is 2.61 bits per heavy atom. The topological polar surface area (TPSA) is 43.1 Å². The lowest BCUT2D eigenvalue weighted by atomic mass is 10.0. The Hall–Kier alpha value is -1.51. The third-order valence-electron chi connectivity index (χ3n) is 2.57. The van der Waals surface area contributed by atoms with Gasteiger partial charge >= 0.3 is 0 Å². The average Bonchev–Trinajstić information content (AvgIpc) is 2.34. The van der Waals surface area contributed by atoms with E-state index in [1.54, 1.807) is 42.5 Å². The smallest absolute Gasteiger partial charge is 0.167 e. The molecule has 0 spiro atoms. The lowest BCUT2D eigenvalue weighted by molar-refractivity contribution is 0.0993. The standard InChI is InChI=1S/C14H11Cl2NO/c15-11-4-5-13(16)10(6-11)8-14(18)9-2-1-3-12(17)7-9/h1-7H,8,17H2. The maximum absolute atomic E-state index is 12.1. The minimum atomic E-state index is -0.0357. The second-order valence-corrected chi connectivity index (χ2v) is 4.80. The van der Waals surface area contributed by atoms with E-state index in [4.69, 9.17) is 28.9 Å². The number of halogens is 2. The summed E-state index contributed by atoms with van der Waals surface area (Å²) in [5.41, 5.74) is 7.51. The molecule has 0 aromatic heterocycles. The van der Waals surface area contributed by atoms with Crippen LogP contribution in [0.3, 0.4) is 0 Å². The molecule has 0 aliphatic carbocycles. The lowest BCUT2D eigenvalue weighted by Crippen LogP contribution is -2.04. The molecule has 2 aromatic rings. The second kappa shape index (κ2) is 5.42. The molecule has 4 heteroatoms. The summed E-state index contributed by atoms with van der Waals surface area (Å²) in [6.45, 7) is 0. The van der Waals surface area contributed by atoms with Gasteiger partial charge in [0, 0.05) is 27.7 Å². The highest BCUT2D eigenvalue weighted by atomic mass is 35.5. The van der Waals surface area contributed by atoms with Crippen LogP contribution in [0.1, 0.15) is 15.9 Å². The van der Waals surface area contributed by atoms with Crippen molar-refractivity contribution < 1.29 is 4.79 Å². The molecule has 0 atom stereocenters. The number of benzene rings is 2. The lowest BCUT2D eigenvalue weighted by Gasteiger charge is -2.05. The molecule has 0 saturated heterocycles. The maximum atomic E-state index is 12.1. The number of rotatable bonds is 3. The van der Waals surface area contributed by atoms with Crippen molar-refractivity contribution in [3.63, 3.8) is 0 Å². The number of nitrogen functional groups attached to an aromatic ring is 1. The maximum Gasteiger partial charge on any atom is 0.167 e. The van der Waals surface area contributed by atoms with E-state index in [1.807, 2.05) is 0 Å². The van der Waals surface area contributed by atoms with Gasteiger partial charge in [-0.05, 0) is 35.9 Å². The number of hydrogen-bond donors (Lipinski definition) is 1. The van der Waals surface area contributed by atoms with Crippen LogP contribution >= 0.6 is 23.2 Å². The molecule has 0 heterocycles. The fraction of sp³-hybridized carbons (Fsp3) is 0.0714. The Bertz CT molecular complexity index is 596. The summed E-state index contributed by atoms with van der Waals surface area (Å²) in [5, 5.41) is 1.10. The number of anilines is 1. The molecule has 2 N–H and O–H groups in total. The zero-order valence-electron chi connectivity index (χ0n) is 9.49. The highest BCUT2D eigenvalue weighted by Gasteiger charge is 2.10. The third kappa shape index (κ3) is 3.03. The molecule has 2 rings (SSSR count). The quantitative estimate of drug-likeness (QED) is 0.682. The molecule has 92 valence electrons. The highest BCUT2D eigenvalue weighted by Crippen LogP contribution is 2.22. The first-order valence-corrected chi connectivity index (χ1v) is 6.14. The minimum Gasteiger partial charge on any atom is -0.399 e. The summed E-state index contributed by atoms with van der Waals surface area (Å²) in [6.07, 6.45) is 0.211. The summed E-state index contributed by atoms with van der Waals surface area (Å²) in [6, 6.07) is 12.0. The van der Waals surface area contributed by atoms with Gasteiger partial charge in [-0.3, -0.25) is 4.79 Å². The van der Waals surface area contributed by atoms with Crippen LogP contribution in [0, 0.1) is 0 Å². The number of nitrogens with two attached hydrogens (primary N) is 1. The Balaban J connectivity index is 2.24. The highest BCUT2D eigenvalue weighted by molar-refractivity contribution is 6.33. The summed E-state index contributed by atoms with van der Waals surface area (Å²) in [4.78, 5) is 12.1. The average molecular weight is 280 g/mol. The van der Waals surface area contributed by atoms with Gasteiger partial charge < -0.3 is 5.73 Å². The fourth-order valence-corrected chi connectivity index (χ4v) is 2.05. The van der Waals surface area contributed by atoms with Gasteiger partial charge in [0.2, 0.25) is 0 Å². The van der Waals surface area contributed by atoms with E-state index in [0.29, 0.717) is 21.3 Å². The molecule has 2 nitrogen and oxygen atoms in total. The molecule has 18 heavy (non-hydrogen) atoms. The van der Waals surface area contributed by atoms with E-state index < -0.39 is 0 Å². The molecule has 0 unspecified atom stereocenters. The molecule has 0 saturated carbocycles. The van der Waals surface area contributed by atoms with Crippen LogP contribution in [0.5, 0.6) is 0 Å². The van der Waals surface area contributed by atoms with Crippen LogP contribution in [0.4, 0.5) is 5.69 Å². The summed E-state index contributed by atoms with van der Waals surface area (Å²) in [7, 11) is 0.